The molecule has 1 aliphatic rings. The van der Waals surface area contributed by atoms with Crippen LogP contribution in [0.5, 0.6) is 0 Å². The standard InChI is InChI=1S/C15H19ClN2/c1-2-18-10-11(9-17-13-4-3-5-13)14-8-12(16)6-7-15(14)18/h6-8,10,13,17H,2-5,9H2,1H3. The zero-order valence-corrected chi connectivity index (χ0v) is 11.5. The predicted octanol–water partition coefficient (Wildman–Crippen LogP) is 3.96. The molecule has 0 atom stereocenters. The highest BCUT2D eigenvalue weighted by atomic mass is 35.5. The Labute approximate surface area is 113 Å². The van der Waals surface area contributed by atoms with Crippen LogP contribution in [-0.4, -0.2) is 10.6 Å². The SMILES string of the molecule is CCn1cc(CNC2CCC2)c2cc(Cl)ccc21. The molecule has 0 unspecified atom stereocenters. The Morgan fingerprint density at radius 3 is 2.89 bits per heavy atom. The summed E-state index contributed by atoms with van der Waals surface area (Å²) in [5.74, 6) is 0. The number of rotatable bonds is 4. The van der Waals surface area contributed by atoms with Gasteiger partial charge in [0.05, 0.1) is 0 Å². The molecule has 0 spiro atoms. The van der Waals surface area contributed by atoms with Crippen molar-refractivity contribution in [3.05, 3.63) is 35.0 Å². The molecule has 1 aromatic heterocycles. The smallest absolute Gasteiger partial charge is 0.0484 e. The fourth-order valence-electron chi connectivity index (χ4n) is 2.61. The molecule has 1 heterocycles. The van der Waals surface area contributed by atoms with Gasteiger partial charge in [0.2, 0.25) is 0 Å². The van der Waals surface area contributed by atoms with Crippen LogP contribution < -0.4 is 5.32 Å². The normalized spacial score (nSPS) is 16.1. The summed E-state index contributed by atoms with van der Waals surface area (Å²) in [4.78, 5) is 0. The topological polar surface area (TPSA) is 17.0 Å². The van der Waals surface area contributed by atoms with Crippen molar-refractivity contribution in [2.75, 3.05) is 0 Å². The molecule has 1 fully saturated rings. The molecule has 1 saturated carbocycles. The Morgan fingerprint density at radius 2 is 2.22 bits per heavy atom. The maximum absolute atomic E-state index is 6.11. The fraction of sp³-hybridized carbons (Fsp3) is 0.467. The monoisotopic (exact) mass is 262 g/mol. The highest BCUT2D eigenvalue weighted by Gasteiger charge is 2.17. The van der Waals surface area contributed by atoms with Crippen LogP contribution in [0.3, 0.4) is 0 Å². The first-order chi connectivity index (χ1) is 8.78. The van der Waals surface area contributed by atoms with Crippen LogP contribution in [0, 0.1) is 0 Å². The lowest BCUT2D eigenvalue weighted by Gasteiger charge is -2.26. The molecule has 3 heteroatoms. The summed E-state index contributed by atoms with van der Waals surface area (Å²) in [7, 11) is 0. The summed E-state index contributed by atoms with van der Waals surface area (Å²) < 4.78 is 2.30. The second-order valence-electron chi connectivity index (χ2n) is 5.11. The number of benzene rings is 1. The molecule has 0 aliphatic heterocycles. The maximum atomic E-state index is 6.11. The Bertz CT molecular complexity index is 555. The molecule has 0 radical (unpaired) electrons. The molecule has 0 amide bonds. The van der Waals surface area contributed by atoms with Gasteiger partial charge in [-0.1, -0.05) is 18.0 Å². The number of hydrogen-bond donors (Lipinski definition) is 1. The van der Waals surface area contributed by atoms with Gasteiger partial charge in [-0.2, -0.15) is 0 Å². The quantitative estimate of drug-likeness (QED) is 0.883. The second kappa shape index (κ2) is 4.94. The largest absolute Gasteiger partial charge is 0.347 e. The van der Waals surface area contributed by atoms with Gasteiger partial charge in [0.1, 0.15) is 0 Å². The van der Waals surface area contributed by atoms with Crippen LogP contribution in [0.2, 0.25) is 5.02 Å². The van der Waals surface area contributed by atoms with Crippen LogP contribution >= 0.6 is 11.6 Å². The molecule has 1 aliphatic carbocycles. The van der Waals surface area contributed by atoms with Crippen molar-refractivity contribution in [3.8, 4) is 0 Å². The number of fused-ring (bicyclic) bond motifs is 1. The Hall–Kier alpha value is -0.990. The van der Waals surface area contributed by atoms with Gasteiger partial charge in [0, 0.05) is 41.3 Å². The first-order valence-corrected chi connectivity index (χ1v) is 7.16. The zero-order valence-electron chi connectivity index (χ0n) is 10.7. The number of halogens is 1. The third kappa shape index (κ3) is 2.15. The molecule has 3 rings (SSSR count). The van der Waals surface area contributed by atoms with Gasteiger partial charge in [-0.05, 0) is 43.5 Å². The van der Waals surface area contributed by atoms with Crippen LogP contribution in [0.4, 0.5) is 0 Å². The fourth-order valence-corrected chi connectivity index (χ4v) is 2.78. The third-order valence-electron chi connectivity index (χ3n) is 3.95. The minimum atomic E-state index is 0.726. The molecule has 2 aromatic rings. The Morgan fingerprint density at radius 1 is 1.39 bits per heavy atom. The highest BCUT2D eigenvalue weighted by molar-refractivity contribution is 6.31. The molecular weight excluding hydrogens is 244 g/mol. The van der Waals surface area contributed by atoms with Gasteiger partial charge < -0.3 is 9.88 Å². The van der Waals surface area contributed by atoms with E-state index >= 15 is 0 Å². The van der Waals surface area contributed by atoms with Crippen molar-refractivity contribution in [2.24, 2.45) is 0 Å². The molecule has 2 nitrogen and oxygen atoms in total. The summed E-state index contributed by atoms with van der Waals surface area (Å²) >= 11 is 6.11. The number of nitrogens with zero attached hydrogens (tertiary/aromatic N) is 1. The van der Waals surface area contributed by atoms with Gasteiger partial charge >= 0.3 is 0 Å². The Kier molecular flexibility index (Phi) is 3.31. The minimum Gasteiger partial charge on any atom is -0.347 e. The third-order valence-corrected chi connectivity index (χ3v) is 4.19. The number of hydrogen-bond acceptors (Lipinski definition) is 1. The van der Waals surface area contributed by atoms with Crippen molar-refractivity contribution >= 4 is 22.5 Å². The summed E-state index contributed by atoms with van der Waals surface area (Å²) in [5, 5.41) is 5.74. The summed E-state index contributed by atoms with van der Waals surface area (Å²) in [6.45, 7) is 4.13. The van der Waals surface area contributed by atoms with Crippen molar-refractivity contribution in [1.29, 1.82) is 0 Å². The van der Waals surface area contributed by atoms with E-state index in [2.05, 4.69) is 35.1 Å². The van der Waals surface area contributed by atoms with Gasteiger partial charge in [-0.15, -0.1) is 0 Å². The number of aryl methyl sites for hydroxylation is 1. The van der Waals surface area contributed by atoms with Crippen LogP contribution in [0.1, 0.15) is 31.7 Å². The first-order valence-electron chi connectivity index (χ1n) is 6.78. The van der Waals surface area contributed by atoms with E-state index in [9.17, 15) is 0 Å². The van der Waals surface area contributed by atoms with E-state index in [0.29, 0.717) is 0 Å². The van der Waals surface area contributed by atoms with Crippen molar-refractivity contribution < 1.29 is 0 Å². The minimum absolute atomic E-state index is 0.726. The number of aromatic nitrogens is 1. The van der Waals surface area contributed by atoms with Gasteiger partial charge in [0.15, 0.2) is 0 Å². The van der Waals surface area contributed by atoms with E-state index in [4.69, 9.17) is 11.6 Å². The van der Waals surface area contributed by atoms with E-state index in [1.807, 2.05) is 6.07 Å². The lowest BCUT2D eigenvalue weighted by atomic mass is 9.93. The summed E-state index contributed by atoms with van der Waals surface area (Å²) in [6, 6.07) is 6.90. The van der Waals surface area contributed by atoms with E-state index in [1.165, 1.54) is 35.7 Å². The van der Waals surface area contributed by atoms with E-state index < -0.39 is 0 Å². The molecule has 18 heavy (non-hydrogen) atoms. The molecule has 96 valence electrons. The maximum Gasteiger partial charge on any atom is 0.0484 e. The average molecular weight is 263 g/mol. The first kappa shape index (κ1) is 12.1. The Balaban J connectivity index is 1.91. The molecular formula is C15H19ClN2. The molecule has 0 bridgehead atoms. The summed E-state index contributed by atoms with van der Waals surface area (Å²) in [5.41, 5.74) is 2.65. The van der Waals surface area contributed by atoms with Crippen LogP contribution in [0.25, 0.3) is 10.9 Å². The lowest BCUT2D eigenvalue weighted by Crippen LogP contribution is -2.34. The summed E-state index contributed by atoms with van der Waals surface area (Å²) in [6.07, 6.45) is 6.28. The number of nitrogens with one attached hydrogen (secondary N) is 1. The average Bonchev–Trinajstić information content (AvgIpc) is 2.65. The van der Waals surface area contributed by atoms with Crippen molar-refractivity contribution in [3.63, 3.8) is 0 Å². The highest BCUT2D eigenvalue weighted by Crippen LogP contribution is 2.26. The van der Waals surface area contributed by atoms with E-state index in [0.717, 1.165) is 24.2 Å². The van der Waals surface area contributed by atoms with Gasteiger partial charge in [-0.3, -0.25) is 0 Å². The molecule has 1 N–H and O–H groups in total. The predicted molar refractivity (Wildman–Crippen MR) is 77.1 cm³/mol. The van der Waals surface area contributed by atoms with Crippen LogP contribution in [0.15, 0.2) is 24.4 Å². The zero-order chi connectivity index (χ0) is 12.5. The van der Waals surface area contributed by atoms with Gasteiger partial charge in [0.25, 0.3) is 0 Å². The van der Waals surface area contributed by atoms with E-state index in [1.54, 1.807) is 0 Å². The van der Waals surface area contributed by atoms with Gasteiger partial charge in [-0.25, -0.2) is 0 Å². The second-order valence-corrected chi connectivity index (χ2v) is 5.55. The molecule has 0 saturated heterocycles. The van der Waals surface area contributed by atoms with Crippen molar-refractivity contribution in [2.45, 2.75) is 45.3 Å². The lowest BCUT2D eigenvalue weighted by molar-refractivity contribution is 0.338. The van der Waals surface area contributed by atoms with E-state index in [-0.39, 0.29) is 0 Å². The van der Waals surface area contributed by atoms with Crippen LogP contribution in [-0.2, 0) is 13.1 Å². The van der Waals surface area contributed by atoms with Crippen molar-refractivity contribution in [1.82, 2.24) is 9.88 Å². The molecule has 1 aromatic carbocycles.